The maximum Gasteiger partial charge on any atom is 0.226 e. The molecule has 2 aromatic heterocycles. The maximum atomic E-state index is 12.2. The smallest absolute Gasteiger partial charge is 0.226 e. The minimum atomic E-state index is -0.0357. The van der Waals surface area contributed by atoms with Gasteiger partial charge in [-0.1, -0.05) is 18.2 Å². The van der Waals surface area contributed by atoms with Crippen LogP contribution < -0.4 is 5.32 Å². The highest BCUT2D eigenvalue weighted by atomic mass is 16.1. The topological polar surface area (TPSA) is 64.7 Å². The number of anilines is 1. The predicted octanol–water partition coefficient (Wildman–Crippen LogP) is 3.25. The molecule has 0 fully saturated rings. The van der Waals surface area contributed by atoms with Gasteiger partial charge in [-0.05, 0) is 36.4 Å². The minimum Gasteiger partial charge on any atom is -0.326 e. The molecule has 4 rings (SSSR count). The van der Waals surface area contributed by atoms with E-state index >= 15 is 0 Å². The standard InChI is InChI=1S/C19H17N5O/c25-19(10-13-24-18-5-2-1-4-15(18)14-21-24)22-16-6-8-17(9-7-16)23-12-3-11-20-23/h1-9,11-12,14H,10,13H2,(H,22,25). The number of nitrogens with one attached hydrogen (secondary N) is 1. The van der Waals surface area contributed by atoms with Crippen LogP contribution in [0.5, 0.6) is 0 Å². The number of nitrogens with zero attached hydrogens (tertiary/aromatic N) is 4. The molecule has 0 aliphatic heterocycles. The van der Waals surface area contributed by atoms with Gasteiger partial charge in [-0.25, -0.2) is 4.68 Å². The monoisotopic (exact) mass is 331 g/mol. The van der Waals surface area contributed by atoms with Crippen LogP contribution in [0.15, 0.2) is 73.2 Å². The van der Waals surface area contributed by atoms with Crippen molar-refractivity contribution in [1.82, 2.24) is 19.6 Å². The third kappa shape index (κ3) is 3.28. The summed E-state index contributed by atoms with van der Waals surface area (Å²) in [5.41, 5.74) is 2.76. The molecule has 2 aromatic carbocycles. The molecule has 0 radical (unpaired) electrons. The predicted molar refractivity (Wildman–Crippen MR) is 96.5 cm³/mol. The number of aryl methyl sites for hydroxylation is 1. The van der Waals surface area contributed by atoms with Crippen LogP contribution in [0.4, 0.5) is 5.69 Å². The van der Waals surface area contributed by atoms with Crippen molar-refractivity contribution in [3.63, 3.8) is 0 Å². The largest absolute Gasteiger partial charge is 0.326 e. The summed E-state index contributed by atoms with van der Waals surface area (Å²) < 4.78 is 3.63. The highest BCUT2D eigenvalue weighted by Gasteiger charge is 2.06. The van der Waals surface area contributed by atoms with Crippen LogP contribution >= 0.6 is 0 Å². The van der Waals surface area contributed by atoms with Gasteiger partial charge in [0.15, 0.2) is 0 Å². The van der Waals surface area contributed by atoms with Gasteiger partial charge in [-0.2, -0.15) is 10.2 Å². The molecule has 25 heavy (non-hydrogen) atoms. The van der Waals surface area contributed by atoms with E-state index in [0.717, 1.165) is 22.3 Å². The number of fused-ring (bicyclic) bond motifs is 1. The van der Waals surface area contributed by atoms with Crippen molar-refractivity contribution in [3.05, 3.63) is 73.2 Å². The second kappa shape index (κ2) is 6.60. The second-order valence-corrected chi connectivity index (χ2v) is 5.72. The van der Waals surface area contributed by atoms with Crippen LogP contribution in [0.3, 0.4) is 0 Å². The highest BCUT2D eigenvalue weighted by Crippen LogP contribution is 2.15. The fourth-order valence-electron chi connectivity index (χ4n) is 2.75. The Morgan fingerprint density at radius 3 is 2.64 bits per heavy atom. The van der Waals surface area contributed by atoms with Crippen LogP contribution in [-0.4, -0.2) is 25.5 Å². The number of amides is 1. The summed E-state index contributed by atoms with van der Waals surface area (Å²) in [5.74, 6) is -0.0357. The number of carbonyl (C=O) groups is 1. The fourth-order valence-corrected chi connectivity index (χ4v) is 2.75. The van der Waals surface area contributed by atoms with E-state index in [9.17, 15) is 4.79 Å². The third-order valence-corrected chi connectivity index (χ3v) is 4.02. The molecule has 0 atom stereocenters. The molecule has 4 aromatic rings. The van der Waals surface area contributed by atoms with E-state index in [-0.39, 0.29) is 5.91 Å². The first-order valence-electron chi connectivity index (χ1n) is 8.10. The average molecular weight is 331 g/mol. The summed E-state index contributed by atoms with van der Waals surface area (Å²) in [5, 5.41) is 12.5. The van der Waals surface area contributed by atoms with E-state index in [1.807, 2.05) is 71.7 Å². The van der Waals surface area contributed by atoms with Gasteiger partial charge in [-0.3, -0.25) is 9.48 Å². The third-order valence-electron chi connectivity index (χ3n) is 4.02. The van der Waals surface area contributed by atoms with Crippen molar-refractivity contribution in [2.45, 2.75) is 13.0 Å². The SMILES string of the molecule is O=C(CCn1ncc2ccccc21)Nc1ccc(-n2cccn2)cc1. The van der Waals surface area contributed by atoms with E-state index in [0.29, 0.717) is 13.0 Å². The zero-order chi connectivity index (χ0) is 17.1. The second-order valence-electron chi connectivity index (χ2n) is 5.72. The van der Waals surface area contributed by atoms with Crippen molar-refractivity contribution in [2.24, 2.45) is 0 Å². The number of aromatic nitrogens is 4. The van der Waals surface area contributed by atoms with E-state index < -0.39 is 0 Å². The van der Waals surface area contributed by atoms with Gasteiger partial charge in [0, 0.05) is 29.9 Å². The Balaban J connectivity index is 1.37. The molecule has 2 heterocycles. The van der Waals surface area contributed by atoms with E-state index in [1.54, 1.807) is 10.9 Å². The van der Waals surface area contributed by atoms with Gasteiger partial charge in [0.05, 0.1) is 23.9 Å². The lowest BCUT2D eigenvalue weighted by Gasteiger charge is -2.07. The maximum absolute atomic E-state index is 12.2. The summed E-state index contributed by atoms with van der Waals surface area (Å²) in [6.07, 6.45) is 5.80. The summed E-state index contributed by atoms with van der Waals surface area (Å²) in [4.78, 5) is 12.2. The van der Waals surface area contributed by atoms with Gasteiger partial charge in [0.1, 0.15) is 0 Å². The van der Waals surface area contributed by atoms with Gasteiger partial charge >= 0.3 is 0 Å². The molecule has 6 nitrogen and oxygen atoms in total. The molecule has 0 aliphatic carbocycles. The van der Waals surface area contributed by atoms with Crippen LogP contribution in [0.1, 0.15) is 6.42 Å². The average Bonchev–Trinajstić information content (AvgIpc) is 3.31. The van der Waals surface area contributed by atoms with E-state index in [4.69, 9.17) is 0 Å². The lowest BCUT2D eigenvalue weighted by molar-refractivity contribution is -0.116. The fraction of sp³-hybridized carbons (Fsp3) is 0.105. The molecular formula is C19H17N5O. The number of para-hydroxylation sites is 1. The molecule has 0 unspecified atom stereocenters. The molecule has 0 spiro atoms. The Kier molecular flexibility index (Phi) is 4.00. The van der Waals surface area contributed by atoms with Crippen molar-refractivity contribution in [1.29, 1.82) is 0 Å². The first kappa shape index (κ1) is 15.1. The lowest BCUT2D eigenvalue weighted by atomic mass is 10.2. The quantitative estimate of drug-likeness (QED) is 0.610. The Bertz CT molecular complexity index is 986. The zero-order valence-electron chi connectivity index (χ0n) is 13.5. The van der Waals surface area contributed by atoms with Gasteiger partial charge in [-0.15, -0.1) is 0 Å². The highest BCUT2D eigenvalue weighted by molar-refractivity contribution is 5.90. The summed E-state index contributed by atoms with van der Waals surface area (Å²) in [6.45, 7) is 0.546. The Morgan fingerprint density at radius 2 is 1.84 bits per heavy atom. The molecule has 0 aliphatic rings. The lowest BCUT2D eigenvalue weighted by Crippen LogP contribution is -2.15. The van der Waals surface area contributed by atoms with Crippen molar-refractivity contribution >= 4 is 22.5 Å². The molecule has 1 amide bonds. The molecule has 6 heteroatoms. The summed E-state index contributed by atoms with van der Waals surface area (Å²) >= 11 is 0. The van der Waals surface area contributed by atoms with Crippen LogP contribution in [-0.2, 0) is 11.3 Å². The number of hydrogen-bond acceptors (Lipinski definition) is 3. The zero-order valence-corrected chi connectivity index (χ0v) is 13.5. The number of benzene rings is 2. The first-order chi connectivity index (χ1) is 12.3. The molecule has 0 bridgehead atoms. The number of rotatable bonds is 5. The normalized spacial score (nSPS) is 10.9. The van der Waals surface area contributed by atoms with Gasteiger partial charge < -0.3 is 5.32 Å². The minimum absolute atomic E-state index is 0.0357. The number of carbonyl (C=O) groups excluding carboxylic acids is 1. The molecule has 0 saturated heterocycles. The Hall–Kier alpha value is -3.41. The van der Waals surface area contributed by atoms with Crippen LogP contribution in [0, 0.1) is 0 Å². The van der Waals surface area contributed by atoms with E-state index in [1.165, 1.54) is 0 Å². The molecule has 0 saturated carbocycles. The summed E-state index contributed by atoms with van der Waals surface area (Å²) in [6, 6.07) is 17.4. The molecule has 124 valence electrons. The van der Waals surface area contributed by atoms with E-state index in [2.05, 4.69) is 15.5 Å². The molecule has 1 N–H and O–H groups in total. The Labute approximate surface area is 144 Å². The van der Waals surface area contributed by atoms with Crippen LogP contribution in [0.25, 0.3) is 16.6 Å². The number of hydrogen-bond donors (Lipinski definition) is 1. The van der Waals surface area contributed by atoms with Crippen LogP contribution in [0.2, 0.25) is 0 Å². The van der Waals surface area contributed by atoms with Gasteiger partial charge in [0.2, 0.25) is 5.91 Å². The van der Waals surface area contributed by atoms with Gasteiger partial charge in [0.25, 0.3) is 0 Å². The van der Waals surface area contributed by atoms with Crippen molar-refractivity contribution in [2.75, 3.05) is 5.32 Å². The first-order valence-corrected chi connectivity index (χ1v) is 8.10. The van der Waals surface area contributed by atoms with Crippen molar-refractivity contribution < 1.29 is 4.79 Å². The Morgan fingerprint density at radius 1 is 1.00 bits per heavy atom. The summed E-state index contributed by atoms with van der Waals surface area (Å²) in [7, 11) is 0. The molecular weight excluding hydrogens is 314 g/mol. The van der Waals surface area contributed by atoms with Crippen molar-refractivity contribution in [3.8, 4) is 5.69 Å².